The molecule has 7 heteroatoms. The highest BCUT2D eigenvalue weighted by Crippen LogP contribution is 2.21. The van der Waals surface area contributed by atoms with Crippen molar-refractivity contribution in [2.45, 2.75) is 18.7 Å². The van der Waals surface area contributed by atoms with Crippen LogP contribution in [-0.2, 0) is 10.0 Å². The lowest BCUT2D eigenvalue weighted by Gasteiger charge is -2.13. The largest absolute Gasteiger partial charge is 0.399 e. The number of thioether (sulfide) groups is 1. The molecule has 4 nitrogen and oxygen atoms in total. The van der Waals surface area contributed by atoms with Crippen LogP contribution in [0.4, 0.5) is 10.1 Å². The van der Waals surface area contributed by atoms with Gasteiger partial charge in [0.15, 0.2) is 0 Å². The molecule has 0 saturated carbocycles. The van der Waals surface area contributed by atoms with E-state index in [1.165, 1.54) is 13.0 Å². The zero-order chi connectivity index (χ0) is 14.6. The maximum Gasteiger partial charge on any atom is 0.243 e. The van der Waals surface area contributed by atoms with Gasteiger partial charge in [0.05, 0.1) is 0 Å². The van der Waals surface area contributed by atoms with Crippen molar-refractivity contribution in [1.82, 2.24) is 4.72 Å². The predicted molar refractivity (Wildman–Crippen MR) is 78.3 cm³/mol. The standard InChI is InChI=1S/C12H19FN2O2S2/c1-8(7-18-3)6-15-19(16,17)11-5-10(14)4-9(2)12(11)13/h4-5,8,15H,6-7,14H2,1-3H3. The fourth-order valence-electron chi connectivity index (χ4n) is 1.63. The molecule has 0 fully saturated rings. The van der Waals surface area contributed by atoms with E-state index < -0.39 is 15.8 Å². The summed E-state index contributed by atoms with van der Waals surface area (Å²) in [7, 11) is -3.86. The summed E-state index contributed by atoms with van der Waals surface area (Å²) in [6.07, 6.45) is 1.95. The van der Waals surface area contributed by atoms with Crippen molar-refractivity contribution in [3.63, 3.8) is 0 Å². The Morgan fingerprint density at radius 3 is 2.68 bits per heavy atom. The lowest BCUT2D eigenvalue weighted by molar-refractivity contribution is 0.542. The van der Waals surface area contributed by atoms with Crippen LogP contribution < -0.4 is 10.5 Å². The molecular formula is C12H19FN2O2S2. The van der Waals surface area contributed by atoms with Crippen molar-refractivity contribution in [2.75, 3.05) is 24.3 Å². The molecule has 19 heavy (non-hydrogen) atoms. The molecule has 1 unspecified atom stereocenters. The topological polar surface area (TPSA) is 72.2 Å². The summed E-state index contributed by atoms with van der Waals surface area (Å²) in [5.41, 5.74) is 6.02. The molecule has 1 atom stereocenters. The minimum atomic E-state index is -3.86. The van der Waals surface area contributed by atoms with Gasteiger partial charge in [-0.15, -0.1) is 0 Å². The summed E-state index contributed by atoms with van der Waals surface area (Å²) in [4.78, 5) is -0.388. The summed E-state index contributed by atoms with van der Waals surface area (Å²) >= 11 is 1.64. The van der Waals surface area contributed by atoms with Gasteiger partial charge in [0.25, 0.3) is 0 Å². The molecule has 0 spiro atoms. The van der Waals surface area contributed by atoms with E-state index in [2.05, 4.69) is 4.72 Å². The first-order valence-corrected chi connectivity index (χ1v) is 8.70. The van der Waals surface area contributed by atoms with Crippen LogP contribution in [0.5, 0.6) is 0 Å². The van der Waals surface area contributed by atoms with Gasteiger partial charge in [-0.25, -0.2) is 17.5 Å². The summed E-state index contributed by atoms with van der Waals surface area (Å²) in [5.74, 6) is 0.259. The van der Waals surface area contributed by atoms with E-state index in [1.807, 2.05) is 13.2 Å². The molecule has 0 heterocycles. The highest BCUT2D eigenvalue weighted by molar-refractivity contribution is 7.98. The van der Waals surface area contributed by atoms with Crippen LogP contribution in [0.25, 0.3) is 0 Å². The number of hydrogen-bond donors (Lipinski definition) is 2. The van der Waals surface area contributed by atoms with Crippen molar-refractivity contribution >= 4 is 27.5 Å². The monoisotopic (exact) mass is 306 g/mol. The highest BCUT2D eigenvalue weighted by Gasteiger charge is 2.21. The number of nitrogens with two attached hydrogens (primary N) is 1. The zero-order valence-electron chi connectivity index (χ0n) is 11.2. The van der Waals surface area contributed by atoms with Gasteiger partial charge in [-0.3, -0.25) is 0 Å². The molecule has 0 aliphatic heterocycles. The molecule has 0 amide bonds. The summed E-state index contributed by atoms with van der Waals surface area (Å²) in [5, 5.41) is 0. The third kappa shape index (κ3) is 4.36. The summed E-state index contributed by atoms with van der Waals surface area (Å²) in [6.45, 7) is 3.69. The van der Waals surface area contributed by atoms with Crippen LogP contribution in [-0.4, -0.2) is 27.0 Å². The van der Waals surface area contributed by atoms with E-state index in [0.717, 1.165) is 11.8 Å². The average Bonchev–Trinajstić information content (AvgIpc) is 2.31. The second kappa shape index (κ2) is 6.58. The SMILES string of the molecule is CSCC(C)CNS(=O)(=O)c1cc(N)cc(C)c1F. The van der Waals surface area contributed by atoms with Gasteiger partial charge in [-0.2, -0.15) is 11.8 Å². The Morgan fingerprint density at radius 2 is 2.11 bits per heavy atom. The molecule has 0 radical (unpaired) electrons. The van der Waals surface area contributed by atoms with E-state index in [9.17, 15) is 12.8 Å². The summed E-state index contributed by atoms with van der Waals surface area (Å²) < 4.78 is 40.4. The molecular weight excluding hydrogens is 287 g/mol. The highest BCUT2D eigenvalue weighted by atomic mass is 32.2. The van der Waals surface area contributed by atoms with Gasteiger partial charge in [-0.05, 0) is 42.5 Å². The number of anilines is 1. The van der Waals surface area contributed by atoms with Crippen molar-refractivity contribution < 1.29 is 12.8 Å². The number of halogens is 1. The van der Waals surface area contributed by atoms with Gasteiger partial charge in [0.2, 0.25) is 10.0 Å². The smallest absolute Gasteiger partial charge is 0.243 e. The first kappa shape index (κ1) is 16.3. The van der Waals surface area contributed by atoms with Crippen molar-refractivity contribution in [3.05, 3.63) is 23.5 Å². The Kier molecular flexibility index (Phi) is 5.64. The van der Waals surface area contributed by atoms with Crippen LogP contribution in [0.2, 0.25) is 0 Å². The van der Waals surface area contributed by atoms with Gasteiger partial charge < -0.3 is 5.73 Å². The molecule has 0 bridgehead atoms. The first-order valence-electron chi connectivity index (χ1n) is 5.82. The maximum atomic E-state index is 13.9. The number of benzene rings is 1. The molecule has 0 saturated heterocycles. The fourth-order valence-corrected chi connectivity index (χ4v) is 3.67. The maximum absolute atomic E-state index is 13.9. The molecule has 0 aromatic heterocycles. The van der Waals surface area contributed by atoms with Crippen molar-refractivity contribution in [1.29, 1.82) is 0 Å². The molecule has 1 aromatic carbocycles. The van der Waals surface area contributed by atoms with Crippen LogP contribution in [0.3, 0.4) is 0 Å². The van der Waals surface area contributed by atoms with Crippen LogP contribution in [0.1, 0.15) is 12.5 Å². The molecule has 3 N–H and O–H groups in total. The number of nitrogen functional groups attached to an aromatic ring is 1. The fraction of sp³-hybridized carbons (Fsp3) is 0.500. The third-order valence-corrected chi connectivity index (χ3v) is 4.93. The van der Waals surface area contributed by atoms with E-state index in [4.69, 9.17) is 5.73 Å². The average molecular weight is 306 g/mol. The third-order valence-electron chi connectivity index (χ3n) is 2.61. The van der Waals surface area contributed by atoms with E-state index in [-0.39, 0.29) is 28.6 Å². The van der Waals surface area contributed by atoms with Gasteiger partial charge in [0, 0.05) is 12.2 Å². The summed E-state index contributed by atoms with van der Waals surface area (Å²) in [6, 6.07) is 2.55. The van der Waals surface area contributed by atoms with Crippen molar-refractivity contribution in [2.24, 2.45) is 5.92 Å². The van der Waals surface area contributed by atoms with Crippen LogP contribution in [0, 0.1) is 18.7 Å². The Balaban J connectivity index is 2.95. The molecule has 108 valence electrons. The second-order valence-electron chi connectivity index (χ2n) is 4.56. The number of sulfonamides is 1. The predicted octanol–water partition coefficient (Wildman–Crippen LogP) is 1.99. The molecule has 1 rings (SSSR count). The zero-order valence-corrected chi connectivity index (χ0v) is 12.9. The van der Waals surface area contributed by atoms with E-state index >= 15 is 0 Å². The number of aryl methyl sites for hydroxylation is 1. The number of hydrogen-bond acceptors (Lipinski definition) is 4. The van der Waals surface area contributed by atoms with Crippen LogP contribution in [0.15, 0.2) is 17.0 Å². The van der Waals surface area contributed by atoms with Gasteiger partial charge in [-0.1, -0.05) is 6.92 Å². The van der Waals surface area contributed by atoms with Crippen molar-refractivity contribution in [3.8, 4) is 0 Å². The molecule has 0 aliphatic rings. The molecule has 1 aromatic rings. The number of rotatable bonds is 6. The Bertz CT molecular complexity index is 547. The second-order valence-corrected chi connectivity index (χ2v) is 7.21. The quantitative estimate of drug-likeness (QED) is 0.789. The van der Waals surface area contributed by atoms with Crippen LogP contribution >= 0.6 is 11.8 Å². The Hall–Kier alpha value is -0.790. The minimum Gasteiger partial charge on any atom is -0.399 e. The minimum absolute atomic E-state index is 0.176. The van der Waals surface area contributed by atoms with E-state index in [0.29, 0.717) is 0 Å². The first-order chi connectivity index (χ1) is 8.77. The Morgan fingerprint density at radius 1 is 1.47 bits per heavy atom. The normalized spacial score (nSPS) is 13.5. The lowest BCUT2D eigenvalue weighted by atomic mass is 10.2. The van der Waals surface area contributed by atoms with E-state index in [1.54, 1.807) is 11.8 Å². The van der Waals surface area contributed by atoms with Gasteiger partial charge >= 0.3 is 0 Å². The Labute approximate surface area is 118 Å². The molecule has 0 aliphatic carbocycles. The lowest BCUT2D eigenvalue weighted by Crippen LogP contribution is -2.30. The number of nitrogens with one attached hydrogen (secondary N) is 1. The van der Waals surface area contributed by atoms with Gasteiger partial charge in [0.1, 0.15) is 10.7 Å².